The molecule has 0 saturated carbocycles. The SMILES string of the molecule is C[C@@]1(Cc2ccc(-c3cncnc3)cc2)C(=O)N(c2ccc(Cl)c(Cl)c2)c2ncc(I)n21. The second kappa shape index (κ2) is 8.13. The molecule has 1 atom stereocenters. The van der Waals surface area contributed by atoms with Crippen molar-refractivity contribution in [3.05, 3.63) is 86.7 Å². The van der Waals surface area contributed by atoms with Crippen molar-refractivity contribution in [1.29, 1.82) is 0 Å². The Bertz CT molecular complexity index is 1330. The zero-order chi connectivity index (χ0) is 22.5. The lowest BCUT2D eigenvalue weighted by molar-refractivity contribution is -0.124. The molecule has 3 heterocycles. The number of imidazole rings is 1. The number of hydrogen-bond donors (Lipinski definition) is 0. The molecule has 6 nitrogen and oxygen atoms in total. The first-order valence-electron chi connectivity index (χ1n) is 9.76. The lowest BCUT2D eigenvalue weighted by Crippen LogP contribution is -2.41. The van der Waals surface area contributed by atoms with Crippen LogP contribution in [0.3, 0.4) is 0 Å². The van der Waals surface area contributed by atoms with E-state index in [1.165, 1.54) is 6.33 Å². The summed E-state index contributed by atoms with van der Waals surface area (Å²) in [5.41, 5.74) is 2.79. The molecule has 4 aromatic rings. The molecule has 0 unspecified atom stereocenters. The fourth-order valence-corrected chi connectivity index (χ4v) is 5.22. The average molecular weight is 576 g/mol. The van der Waals surface area contributed by atoms with E-state index in [4.69, 9.17) is 23.2 Å². The summed E-state index contributed by atoms with van der Waals surface area (Å²) in [5, 5.41) is 0.825. The van der Waals surface area contributed by atoms with Gasteiger partial charge in [0, 0.05) is 24.4 Å². The van der Waals surface area contributed by atoms with Gasteiger partial charge in [0.25, 0.3) is 5.91 Å². The number of hydrogen-bond acceptors (Lipinski definition) is 4. The molecular formula is C23H16Cl2IN5O. The number of anilines is 2. The third-order valence-electron chi connectivity index (χ3n) is 5.62. The number of amides is 1. The normalized spacial score (nSPS) is 17.6. The molecule has 1 amide bonds. The fraction of sp³-hybridized carbons (Fsp3) is 0.130. The predicted molar refractivity (Wildman–Crippen MR) is 133 cm³/mol. The molecule has 9 heteroatoms. The highest BCUT2D eigenvalue weighted by Gasteiger charge is 2.49. The zero-order valence-corrected chi connectivity index (χ0v) is 20.5. The number of benzene rings is 2. The van der Waals surface area contributed by atoms with E-state index >= 15 is 0 Å². The summed E-state index contributed by atoms with van der Waals surface area (Å²) >= 11 is 14.5. The number of fused-ring (bicyclic) bond motifs is 1. The van der Waals surface area contributed by atoms with Crippen LogP contribution in [0.25, 0.3) is 11.1 Å². The quantitative estimate of drug-likeness (QED) is 0.285. The van der Waals surface area contributed by atoms with E-state index in [0.717, 1.165) is 20.4 Å². The van der Waals surface area contributed by atoms with Crippen LogP contribution in [0.5, 0.6) is 0 Å². The van der Waals surface area contributed by atoms with Crippen LogP contribution in [0.1, 0.15) is 12.5 Å². The number of aromatic nitrogens is 4. The minimum atomic E-state index is -0.841. The fourth-order valence-electron chi connectivity index (χ4n) is 4.04. The zero-order valence-electron chi connectivity index (χ0n) is 16.8. The largest absolute Gasteiger partial charge is 0.289 e. The summed E-state index contributed by atoms with van der Waals surface area (Å²) < 4.78 is 2.87. The van der Waals surface area contributed by atoms with Gasteiger partial charge in [-0.25, -0.2) is 19.9 Å². The molecule has 32 heavy (non-hydrogen) atoms. The van der Waals surface area contributed by atoms with Crippen molar-refractivity contribution in [1.82, 2.24) is 19.5 Å². The molecule has 0 spiro atoms. The van der Waals surface area contributed by atoms with Crippen LogP contribution in [-0.2, 0) is 16.8 Å². The van der Waals surface area contributed by atoms with E-state index in [-0.39, 0.29) is 5.91 Å². The first-order chi connectivity index (χ1) is 15.4. The van der Waals surface area contributed by atoms with E-state index in [0.29, 0.717) is 28.1 Å². The summed E-state index contributed by atoms with van der Waals surface area (Å²) in [7, 11) is 0. The Hall–Kier alpha value is -2.49. The molecule has 0 aliphatic carbocycles. The lowest BCUT2D eigenvalue weighted by atomic mass is 9.91. The molecule has 0 fully saturated rings. The van der Waals surface area contributed by atoms with Gasteiger partial charge in [0.1, 0.15) is 15.6 Å². The molecule has 2 aromatic heterocycles. The second-order valence-corrected chi connectivity index (χ2v) is 9.65. The number of rotatable bonds is 4. The Labute approximate surface area is 208 Å². The minimum absolute atomic E-state index is 0.0718. The van der Waals surface area contributed by atoms with Gasteiger partial charge in [-0.05, 0) is 58.8 Å². The van der Waals surface area contributed by atoms with Gasteiger partial charge >= 0.3 is 0 Å². The molecular weight excluding hydrogens is 560 g/mol. The molecule has 0 N–H and O–H groups in total. The molecule has 5 rings (SSSR count). The van der Waals surface area contributed by atoms with E-state index < -0.39 is 5.54 Å². The van der Waals surface area contributed by atoms with Crippen molar-refractivity contribution in [3.8, 4) is 11.1 Å². The first kappa shape index (κ1) is 21.4. The van der Waals surface area contributed by atoms with Gasteiger partial charge in [-0.1, -0.05) is 47.5 Å². The third-order valence-corrected chi connectivity index (χ3v) is 7.12. The highest BCUT2D eigenvalue weighted by Crippen LogP contribution is 2.43. The Morgan fingerprint density at radius 3 is 2.38 bits per heavy atom. The first-order valence-corrected chi connectivity index (χ1v) is 11.6. The van der Waals surface area contributed by atoms with Crippen LogP contribution in [0, 0.1) is 3.70 Å². The van der Waals surface area contributed by atoms with Crippen LogP contribution < -0.4 is 4.90 Å². The molecule has 1 aliphatic rings. The maximum absolute atomic E-state index is 13.8. The predicted octanol–water partition coefficient (Wildman–Crippen LogP) is 5.89. The highest BCUT2D eigenvalue weighted by atomic mass is 127. The molecule has 0 radical (unpaired) electrons. The van der Waals surface area contributed by atoms with Crippen molar-refractivity contribution in [3.63, 3.8) is 0 Å². The Kier molecular flexibility index (Phi) is 5.43. The second-order valence-electron chi connectivity index (χ2n) is 7.73. The third kappa shape index (κ3) is 3.48. The van der Waals surface area contributed by atoms with Gasteiger partial charge in [0.05, 0.1) is 21.9 Å². The van der Waals surface area contributed by atoms with Gasteiger partial charge in [-0.2, -0.15) is 0 Å². The van der Waals surface area contributed by atoms with Crippen LogP contribution in [-0.4, -0.2) is 25.4 Å². The van der Waals surface area contributed by atoms with Crippen LogP contribution in [0.15, 0.2) is 67.4 Å². The van der Waals surface area contributed by atoms with E-state index in [1.54, 1.807) is 41.7 Å². The molecule has 1 aliphatic heterocycles. The molecule has 0 bridgehead atoms. The Morgan fingerprint density at radius 1 is 0.969 bits per heavy atom. The smallest absolute Gasteiger partial charge is 0.260 e. The summed E-state index contributed by atoms with van der Waals surface area (Å²) in [4.78, 5) is 28.0. The summed E-state index contributed by atoms with van der Waals surface area (Å²) in [5.74, 6) is 0.496. The standard InChI is InChI=1S/C23H16Cl2IN5O/c1-23(9-14-2-4-15(5-3-14)16-10-27-13-28-11-16)21(32)30(22-29-12-20(26)31(22)23)17-6-7-18(24)19(25)8-17/h2-8,10-13H,9H2,1H3/t23-/m1/s1. The maximum Gasteiger partial charge on any atom is 0.260 e. The summed E-state index contributed by atoms with van der Waals surface area (Å²) in [6.45, 7) is 1.94. The number of halogens is 3. The average Bonchev–Trinajstić information content (AvgIpc) is 3.28. The molecule has 0 saturated heterocycles. The van der Waals surface area contributed by atoms with Crippen LogP contribution >= 0.6 is 45.8 Å². The highest BCUT2D eigenvalue weighted by molar-refractivity contribution is 14.1. The molecule has 160 valence electrons. The van der Waals surface area contributed by atoms with Crippen LogP contribution in [0.4, 0.5) is 11.6 Å². The molecule has 2 aromatic carbocycles. The van der Waals surface area contributed by atoms with Crippen molar-refractivity contribution in [2.75, 3.05) is 4.90 Å². The van der Waals surface area contributed by atoms with Crippen molar-refractivity contribution in [2.24, 2.45) is 0 Å². The van der Waals surface area contributed by atoms with Crippen molar-refractivity contribution in [2.45, 2.75) is 18.9 Å². The number of carbonyl (C=O) groups excluding carboxylic acids is 1. The summed E-state index contributed by atoms with van der Waals surface area (Å²) in [6, 6.07) is 13.3. The van der Waals surface area contributed by atoms with Gasteiger partial charge in [-0.15, -0.1) is 0 Å². The van der Waals surface area contributed by atoms with Crippen molar-refractivity contribution >= 4 is 63.3 Å². The minimum Gasteiger partial charge on any atom is -0.289 e. The number of carbonyl (C=O) groups is 1. The van der Waals surface area contributed by atoms with Crippen molar-refractivity contribution < 1.29 is 4.79 Å². The van der Waals surface area contributed by atoms with E-state index in [1.807, 2.05) is 35.8 Å². The van der Waals surface area contributed by atoms with E-state index in [2.05, 4.69) is 37.5 Å². The lowest BCUT2D eigenvalue weighted by Gasteiger charge is -2.26. The number of nitrogens with zero attached hydrogens (tertiary/aromatic N) is 5. The van der Waals surface area contributed by atoms with Crippen LogP contribution in [0.2, 0.25) is 10.0 Å². The van der Waals surface area contributed by atoms with Gasteiger partial charge in [0.2, 0.25) is 5.95 Å². The monoisotopic (exact) mass is 575 g/mol. The summed E-state index contributed by atoms with van der Waals surface area (Å²) in [6.07, 6.45) is 7.34. The van der Waals surface area contributed by atoms with Gasteiger partial charge < -0.3 is 0 Å². The Balaban J connectivity index is 1.51. The maximum atomic E-state index is 13.8. The van der Waals surface area contributed by atoms with E-state index in [9.17, 15) is 4.79 Å². The topological polar surface area (TPSA) is 63.9 Å². The Morgan fingerprint density at radius 2 is 1.69 bits per heavy atom. The van der Waals surface area contributed by atoms with Gasteiger partial charge in [0.15, 0.2) is 0 Å². The van der Waals surface area contributed by atoms with Gasteiger partial charge in [-0.3, -0.25) is 9.36 Å².